The molecule has 3 heterocycles. The summed E-state index contributed by atoms with van der Waals surface area (Å²) < 4.78 is 0. The monoisotopic (exact) mass is 357 g/mol. The summed E-state index contributed by atoms with van der Waals surface area (Å²) in [7, 11) is 0. The van der Waals surface area contributed by atoms with Gasteiger partial charge in [-0.1, -0.05) is 0 Å². The van der Waals surface area contributed by atoms with Crippen LogP contribution in [0.1, 0.15) is 18.7 Å². The topological polar surface area (TPSA) is 130 Å². The number of hydrogen-bond donors (Lipinski definition) is 3. The van der Waals surface area contributed by atoms with E-state index in [4.69, 9.17) is 5.73 Å². The van der Waals surface area contributed by atoms with Gasteiger partial charge < -0.3 is 11.1 Å². The summed E-state index contributed by atoms with van der Waals surface area (Å²) in [6.45, 7) is 2.07. The predicted octanol–water partition coefficient (Wildman–Crippen LogP) is -0.277. The third-order valence-electron chi connectivity index (χ3n) is 4.37. The molecule has 9 heteroatoms. The van der Waals surface area contributed by atoms with Gasteiger partial charge in [-0.25, -0.2) is 4.98 Å². The molecule has 0 aliphatic carbocycles. The molecule has 9 nitrogen and oxygen atoms in total. The number of aromatic amines is 1. The van der Waals surface area contributed by atoms with Crippen LogP contribution in [0, 0.1) is 5.92 Å². The minimum atomic E-state index is -0.360. The third-order valence-corrected chi connectivity index (χ3v) is 4.37. The number of nitrogens with two attached hydrogens (primary N) is 1. The minimum Gasteiger partial charge on any atom is -0.369 e. The zero-order valence-electron chi connectivity index (χ0n) is 14.5. The molecule has 3 rings (SSSR count). The number of rotatable bonds is 7. The van der Waals surface area contributed by atoms with E-state index in [1.165, 1.54) is 0 Å². The maximum absolute atomic E-state index is 12.3. The van der Waals surface area contributed by atoms with E-state index in [0.717, 1.165) is 24.9 Å². The second-order valence-corrected chi connectivity index (χ2v) is 6.43. The van der Waals surface area contributed by atoms with E-state index in [0.29, 0.717) is 31.2 Å². The van der Waals surface area contributed by atoms with Crippen LogP contribution in [0.5, 0.6) is 0 Å². The highest BCUT2D eigenvalue weighted by Gasteiger charge is 2.26. The van der Waals surface area contributed by atoms with E-state index >= 15 is 0 Å². The Kier molecular flexibility index (Phi) is 5.90. The number of amides is 2. The second-order valence-electron chi connectivity index (χ2n) is 6.43. The lowest BCUT2D eigenvalue weighted by Crippen LogP contribution is -2.46. The standard InChI is InChI=1S/C17H23N7O2/c18-14(25)11-24-8-2-4-13(10-24)17(26)20-7-5-15-21-16(23-22-15)12-3-1-6-19-9-12/h1,3,6,9,13H,2,4-5,7-8,10-11H2,(H2,18,25)(H,20,26)(H,21,22,23)/t13-/m0/s1. The fourth-order valence-electron chi connectivity index (χ4n) is 3.11. The van der Waals surface area contributed by atoms with Gasteiger partial charge in [0.1, 0.15) is 5.82 Å². The smallest absolute Gasteiger partial charge is 0.231 e. The summed E-state index contributed by atoms with van der Waals surface area (Å²) in [5, 5.41) is 10.0. The molecule has 0 unspecified atom stereocenters. The van der Waals surface area contributed by atoms with Gasteiger partial charge in [0.05, 0.1) is 12.5 Å². The molecule has 0 saturated carbocycles. The van der Waals surface area contributed by atoms with Gasteiger partial charge in [-0.05, 0) is 31.5 Å². The van der Waals surface area contributed by atoms with Crippen LogP contribution >= 0.6 is 0 Å². The number of hydrogen-bond acceptors (Lipinski definition) is 6. The summed E-state index contributed by atoms with van der Waals surface area (Å²) in [6, 6.07) is 3.72. The van der Waals surface area contributed by atoms with Crippen LogP contribution in [0.15, 0.2) is 24.5 Å². The van der Waals surface area contributed by atoms with E-state index in [1.807, 2.05) is 17.0 Å². The van der Waals surface area contributed by atoms with Crippen LogP contribution in [-0.2, 0) is 16.0 Å². The van der Waals surface area contributed by atoms with Crippen LogP contribution in [0.2, 0.25) is 0 Å². The minimum absolute atomic E-state index is 0.00571. The van der Waals surface area contributed by atoms with Gasteiger partial charge >= 0.3 is 0 Å². The van der Waals surface area contributed by atoms with Crippen molar-refractivity contribution < 1.29 is 9.59 Å². The largest absolute Gasteiger partial charge is 0.369 e. The number of aromatic nitrogens is 4. The number of nitrogens with one attached hydrogen (secondary N) is 2. The summed E-state index contributed by atoms with van der Waals surface area (Å²) in [4.78, 5) is 33.8. The Balaban J connectivity index is 1.45. The van der Waals surface area contributed by atoms with Crippen molar-refractivity contribution in [3.8, 4) is 11.4 Å². The number of nitrogens with zero attached hydrogens (tertiary/aromatic N) is 4. The summed E-state index contributed by atoms with van der Waals surface area (Å²) >= 11 is 0. The molecule has 1 aliphatic rings. The molecule has 1 aliphatic heterocycles. The van der Waals surface area contributed by atoms with Gasteiger partial charge in [0.15, 0.2) is 5.82 Å². The van der Waals surface area contributed by atoms with Crippen LogP contribution < -0.4 is 11.1 Å². The molecule has 1 fully saturated rings. The molecule has 0 aromatic carbocycles. The van der Waals surface area contributed by atoms with Crippen molar-refractivity contribution in [2.24, 2.45) is 11.7 Å². The lowest BCUT2D eigenvalue weighted by Gasteiger charge is -2.30. The average Bonchev–Trinajstić information content (AvgIpc) is 3.11. The summed E-state index contributed by atoms with van der Waals surface area (Å²) in [5.74, 6) is 0.840. The van der Waals surface area contributed by atoms with Gasteiger partial charge in [-0.3, -0.25) is 24.6 Å². The molecular weight excluding hydrogens is 334 g/mol. The molecule has 2 aromatic heterocycles. The molecular formula is C17H23N7O2. The SMILES string of the molecule is NC(=O)CN1CCC[C@H](C(=O)NCCc2nc(-c3cccnc3)n[nH]2)C1. The van der Waals surface area contributed by atoms with Crippen molar-refractivity contribution in [1.82, 2.24) is 30.4 Å². The van der Waals surface area contributed by atoms with Crippen LogP contribution in [0.25, 0.3) is 11.4 Å². The lowest BCUT2D eigenvalue weighted by atomic mass is 9.97. The molecule has 1 saturated heterocycles. The highest BCUT2D eigenvalue weighted by Crippen LogP contribution is 2.16. The molecule has 138 valence electrons. The maximum Gasteiger partial charge on any atom is 0.231 e. The quantitative estimate of drug-likeness (QED) is 0.625. The Morgan fingerprint density at radius 1 is 1.42 bits per heavy atom. The second kappa shape index (κ2) is 8.52. The maximum atomic E-state index is 12.3. The average molecular weight is 357 g/mol. The zero-order chi connectivity index (χ0) is 18.4. The van der Waals surface area contributed by atoms with E-state index < -0.39 is 0 Å². The normalized spacial score (nSPS) is 17.8. The Labute approximate surface area is 151 Å². The van der Waals surface area contributed by atoms with Crippen molar-refractivity contribution in [2.75, 3.05) is 26.2 Å². The number of carbonyl (C=O) groups excluding carboxylic acids is 2. The molecule has 2 aromatic rings. The number of H-pyrrole nitrogens is 1. The first-order valence-electron chi connectivity index (χ1n) is 8.72. The van der Waals surface area contributed by atoms with Crippen molar-refractivity contribution in [3.05, 3.63) is 30.4 Å². The van der Waals surface area contributed by atoms with Gasteiger partial charge in [-0.15, -0.1) is 0 Å². The highest BCUT2D eigenvalue weighted by molar-refractivity contribution is 5.79. The number of likely N-dealkylation sites (tertiary alicyclic amines) is 1. The van der Waals surface area contributed by atoms with Gasteiger partial charge in [0, 0.05) is 37.5 Å². The molecule has 4 N–H and O–H groups in total. The Bertz CT molecular complexity index is 747. The van der Waals surface area contributed by atoms with Gasteiger partial charge in [0.25, 0.3) is 0 Å². The molecule has 26 heavy (non-hydrogen) atoms. The van der Waals surface area contributed by atoms with Crippen molar-refractivity contribution >= 4 is 11.8 Å². The van der Waals surface area contributed by atoms with Crippen molar-refractivity contribution in [3.63, 3.8) is 0 Å². The fraction of sp³-hybridized carbons (Fsp3) is 0.471. The molecule has 2 amide bonds. The number of primary amides is 1. The van der Waals surface area contributed by atoms with Crippen LogP contribution in [0.4, 0.5) is 0 Å². The van der Waals surface area contributed by atoms with Gasteiger partial charge in [0.2, 0.25) is 11.8 Å². The Morgan fingerprint density at radius 3 is 3.08 bits per heavy atom. The Hall–Kier alpha value is -2.81. The van der Waals surface area contributed by atoms with Crippen LogP contribution in [-0.4, -0.2) is 63.1 Å². The molecule has 0 bridgehead atoms. The highest BCUT2D eigenvalue weighted by atomic mass is 16.2. The molecule has 1 atom stereocenters. The summed E-state index contributed by atoms with van der Waals surface area (Å²) in [5.41, 5.74) is 6.08. The Morgan fingerprint density at radius 2 is 2.31 bits per heavy atom. The zero-order valence-corrected chi connectivity index (χ0v) is 14.5. The third kappa shape index (κ3) is 4.85. The van der Waals surface area contributed by atoms with Crippen molar-refractivity contribution in [1.29, 1.82) is 0 Å². The van der Waals surface area contributed by atoms with E-state index in [2.05, 4.69) is 25.5 Å². The lowest BCUT2D eigenvalue weighted by molar-refractivity contribution is -0.128. The number of carbonyl (C=O) groups is 2. The molecule has 0 spiro atoms. The van der Waals surface area contributed by atoms with E-state index in [9.17, 15) is 9.59 Å². The number of pyridine rings is 1. The first-order chi connectivity index (χ1) is 12.6. The first kappa shape index (κ1) is 18.0. The van der Waals surface area contributed by atoms with E-state index in [-0.39, 0.29) is 24.3 Å². The van der Waals surface area contributed by atoms with Crippen molar-refractivity contribution in [2.45, 2.75) is 19.3 Å². The molecule has 0 radical (unpaired) electrons. The van der Waals surface area contributed by atoms with Crippen LogP contribution in [0.3, 0.4) is 0 Å². The first-order valence-corrected chi connectivity index (χ1v) is 8.72. The summed E-state index contributed by atoms with van der Waals surface area (Å²) in [6.07, 6.45) is 5.69. The number of piperidine rings is 1. The van der Waals surface area contributed by atoms with Gasteiger partial charge in [-0.2, -0.15) is 5.10 Å². The predicted molar refractivity (Wildman–Crippen MR) is 94.7 cm³/mol. The van der Waals surface area contributed by atoms with E-state index in [1.54, 1.807) is 12.4 Å². The fourth-order valence-corrected chi connectivity index (χ4v) is 3.11.